The number of ketones is 1. The number of aryl methyl sites for hydroxylation is 1. The molecule has 4 rings (SSSR count). The van der Waals surface area contributed by atoms with E-state index in [0.717, 1.165) is 40.7 Å². The zero-order valence-corrected chi connectivity index (χ0v) is 17.2. The fourth-order valence-electron chi connectivity index (χ4n) is 3.49. The van der Waals surface area contributed by atoms with Crippen molar-refractivity contribution in [2.45, 2.75) is 32.7 Å². The molecule has 0 unspecified atom stereocenters. The third-order valence-corrected chi connectivity index (χ3v) is 5.73. The Bertz CT molecular complexity index is 982. The van der Waals surface area contributed by atoms with E-state index >= 15 is 0 Å². The highest BCUT2D eigenvalue weighted by Gasteiger charge is 2.17. The van der Waals surface area contributed by atoms with E-state index in [9.17, 15) is 4.79 Å². The number of Topliss-reactive ketones (excluding diaryl/α,β-unsaturated/α-hetero) is 1. The van der Waals surface area contributed by atoms with Crippen molar-refractivity contribution in [2.75, 3.05) is 18.0 Å². The number of thiazole rings is 1. The lowest BCUT2D eigenvalue weighted by atomic mass is 10.1. The minimum Gasteiger partial charge on any atom is -0.348 e. The summed E-state index contributed by atoms with van der Waals surface area (Å²) in [5, 5.41) is 3.23. The fourth-order valence-corrected chi connectivity index (χ4v) is 4.36. The monoisotopic (exact) mass is 409 g/mol. The number of anilines is 1. The van der Waals surface area contributed by atoms with Gasteiger partial charge in [0.25, 0.3) is 0 Å². The molecule has 0 amide bonds. The second kappa shape index (κ2) is 9.96. The number of aromatic nitrogens is 2. The van der Waals surface area contributed by atoms with Gasteiger partial charge in [0.2, 0.25) is 0 Å². The molecule has 1 aliphatic rings. The summed E-state index contributed by atoms with van der Waals surface area (Å²) in [7, 11) is 0. The molecule has 0 atom stereocenters. The van der Waals surface area contributed by atoms with E-state index in [4.69, 9.17) is 14.6 Å². The molecule has 7 heteroatoms. The van der Waals surface area contributed by atoms with Gasteiger partial charge in [0.1, 0.15) is 0 Å². The first-order chi connectivity index (χ1) is 14.1. The van der Waals surface area contributed by atoms with Crippen molar-refractivity contribution in [3.63, 3.8) is 0 Å². The quantitative estimate of drug-likeness (QED) is 0.580. The number of carbonyl (C=O) groups is 1. The van der Waals surface area contributed by atoms with Crippen LogP contribution in [0.5, 0.6) is 0 Å². The Morgan fingerprint density at radius 3 is 2.55 bits per heavy atom. The summed E-state index contributed by atoms with van der Waals surface area (Å²) >= 11 is 1.71. The minimum absolute atomic E-state index is 0.152. The Balaban J connectivity index is 0.000000755. The van der Waals surface area contributed by atoms with E-state index in [-0.39, 0.29) is 11.9 Å². The average molecular weight is 410 g/mol. The summed E-state index contributed by atoms with van der Waals surface area (Å²) in [5.41, 5.74) is 3.95. The van der Waals surface area contributed by atoms with Gasteiger partial charge >= 0.3 is 6.15 Å². The van der Waals surface area contributed by atoms with Crippen LogP contribution in [0, 0.1) is 6.92 Å². The van der Waals surface area contributed by atoms with E-state index in [1.807, 2.05) is 54.1 Å². The predicted molar refractivity (Wildman–Crippen MR) is 111 cm³/mol. The van der Waals surface area contributed by atoms with E-state index in [1.54, 1.807) is 11.3 Å². The maximum atomic E-state index is 12.8. The molecule has 6 nitrogen and oxygen atoms in total. The van der Waals surface area contributed by atoms with Crippen molar-refractivity contribution >= 4 is 28.4 Å². The Kier molecular flexibility index (Phi) is 7.11. The fraction of sp³-hybridized carbons (Fsp3) is 0.318. The first-order valence-electron chi connectivity index (χ1n) is 9.53. The zero-order valence-electron chi connectivity index (χ0n) is 16.3. The summed E-state index contributed by atoms with van der Waals surface area (Å²) in [6.45, 7) is 4.90. The summed E-state index contributed by atoms with van der Waals surface area (Å²) in [6, 6.07) is 11.9. The second-order valence-corrected chi connectivity index (χ2v) is 7.85. The van der Waals surface area contributed by atoms with Gasteiger partial charge in [-0.1, -0.05) is 30.3 Å². The van der Waals surface area contributed by atoms with Crippen LogP contribution >= 0.6 is 11.3 Å². The Hall–Kier alpha value is -3.02. The molecule has 150 valence electrons. The standard InChI is InChI=1S/C21H23N3OS.CO2/c1-16-11-19(20(25)12-17-7-3-2-4-8-17)24(13-16)14-18-15-26-21(22-18)23-9-5-6-10-23;2-1-3/h2-4,7-8,11,13,15H,5-6,9-10,12,14H2,1H3;. The van der Waals surface area contributed by atoms with E-state index in [1.165, 1.54) is 12.8 Å². The van der Waals surface area contributed by atoms with Gasteiger partial charge in [-0.2, -0.15) is 9.59 Å². The summed E-state index contributed by atoms with van der Waals surface area (Å²) < 4.78 is 2.05. The van der Waals surface area contributed by atoms with Crippen LogP contribution < -0.4 is 4.90 Å². The molecule has 0 spiro atoms. The third kappa shape index (κ3) is 5.50. The highest BCUT2D eigenvalue weighted by atomic mass is 32.1. The highest BCUT2D eigenvalue weighted by Crippen LogP contribution is 2.25. The van der Waals surface area contributed by atoms with Crippen LogP contribution in [0.15, 0.2) is 48.0 Å². The van der Waals surface area contributed by atoms with Crippen molar-refractivity contribution in [2.24, 2.45) is 0 Å². The van der Waals surface area contributed by atoms with Crippen molar-refractivity contribution in [3.8, 4) is 0 Å². The van der Waals surface area contributed by atoms with Gasteiger partial charge in [0.05, 0.1) is 17.9 Å². The number of hydrogen-bond donors (Lipinski definition) is 0. The average Bonchev–Trinajstić information content (AvgIpc) is 3.44. The molecule has 29 heavy (non-hydrogen) atoms. The van der Waals surface area contributed by atoms with Gasteiger partial charge in [-0.05, 0) is 37.0 Å². The first-order valence-corrected chi connectivity index (χ1v) is 10.4. The molecule has 0 bridgehead atoms. The van der Waals surface area contributed by atoms with E-state index in [2.05, 4.69) is 10.3 Å². The lowest BCUT2D eigenvalue weighted by molar-refractivity contribution is -0.191. The molecule has 1 aliphatic heterocycles. The smallest absolute Gasteiger partial charge is 0.348 e. The SMILES string of the molecule is Cc1cc(C(=O)Cc2ccccc2)n(Cc2csc(N3CCCC3)n2)c1.O=C=O. The molecular formula is C22H23N3O3S. The van der Waals surface area contributed by atoms with Crippen molar-refractivity contribution in [1.82, 2.24) is 9.55 Å². The van der Waals surface area contributed by atoms with Gasteiger partial charge in [-0.25, -0.2) is 4.98 Å². The molecule has 0 aliphatic carbocycles. The Labute approximate surface area is 173 Å². The lowest BCUT2D eigenvalue weighted by Gasteiger charge is -2.12. The Morgan fingerprint density at radius 1 is 1.17 bits per heavy atom. The van der Waals surface area contributed by atoms with Gasteiger partial charge in [-0.3, -0.25) is 4.79 Å². The van der Waals surface area contributed by atoms with Crippen LogP contribution in [-0.2, 0) is 22.6 Å². The van der Waals surface area contributed by atoms with Crippen molar-refractivity contribution in [1.29, 1.82) is 0 Å². The molecule has 0 radical (unpaired) electrons. The maximum absolute atomic E-state index is 12.8. The molecule has 3 aromatic rings. The van der Waals surface area contributed by atoms with Crippen LogP contribution in [0.1, 0.15) is 40.2 Å². The predicted octanol–water partition coefficient (Wildman–Crippen LogP) is 3.74. The molecule has 1 fully saturated rings. The molecule has 2 aromatic heterocycles. The van der Waals surface area contributed by atoms with E-state index in [0.29, 0.717) is 13.0 Å². The highest BCUT2D eigenvalue weighted by molar-refractivity contribution is 7.13. The number of carbonyl (C=O) groups excluding carboxylic acids is 3. The molecule has 1 aromatic carbocycles. The molecule has 0 saturated carbocycles. The van der Waals surface area contributed by atoms with Crippen LogP contribution in [0.4, 0.5) is 5.13 Å². The summed E-state index contributed by atoms with van der Waals surface area (Å²) in [5.74, 6) is 0.152. The lowest BCUT2D eigenvalue weighted by Crippen LogP contribution is -2.17. The van der Waals surface area contributed by atoms with Crippen LogP contribution in [0.3, 0.4) is 0 Å². The van der Waals surface area contributed by atoms with Gasteiger partial charge in [-0.15, -0.1) is 11.3 Å². The van der Waals surface area contributed by atoms with Crippen LogP contribution in [0.2, 0.25) is 0 Å². The summed E-state index contributed by atoms with van der Waals surface area (Å²) in [6.07, 6.45) is 5.24. The topological polar surface area (TPSA) is 72.3 Å². The number of benzene rings is 1. The number of rotatable bonds is 6. The number of nitrogens with zero attached hydrogens (tertiary/aromatic N) is 3. The molecular weight excluding hydrogens is 386 g/mol. The molecule has 1 saturated heterocycles. The van der Waals surface area contributed by atoms with Gasteiger partial charge in [0.15, 0.2) is 10.9 Å². The largest absolute Gasteiger partial charge is 0.373 e. The first kappa shape index (κ1) is 20.7. The third-order valence-electron chi connectivity index (χ3n) is 4.78. The van der Waals surface area contributed by atoms with Crippen LogP contribution in [-0.4, -0.2) is 34.6 Å². The summed E-state index contributed by atoms with van der Waals surface area (Å²) in [4.78, 5) is 36.2. The maximum Gasteiger partial charge on any atom is 0.373 e. The normalized spacial score (nSPS) is 12.9. The van der Waals surface area contributed by atoms with Gasteiger partial charge in [0, 0.05) is 31.1 Å². The minimum atomic E-state index is 0.152. The Morgan fingerprint density at radius 2 is 1.86 bits per heavy atom. The zero-order chi connectivity index (χ0) is 20.6. The molecule has 3 heterocycles. The second-order valence-electron chi connectivity index (χ2n) is 7.02. The van der Waals surface area contributed by atoms with Crippen molar-refractivity contribution in [3.05, 3.63) is 70.5 Å². The number of hydrogen-bond acceptors (Lipinski definition) is 6. The van der Waals surface area contributed by atoms with Crippen molar-refractivity contribution < 1.29 is 14.4 Å². The molecule has 0 N–H and O–H groups in total. The van der Waals surface area contributed by atoms with Crippen LogP contribution in [0.25, 0.3) is 0 Å². The van der Waals surface area contributed by atoms with Gasteiger partial charge < -0.3 is 9.47 Å². The van der Waals surface area contributed by atoms with E-state index < -0.39 is 0 Å².